The van der Waals surface area contributed by atoms with Crippen LogP contribution in [0, 0.1) is 27.3 Å². The highest BCUT2D eigenvalue weighted by Gasteiger charge is 2.13. The Bertz CT molecular complexity index is 1110. The van der Waals surface area contributed by atoms with Gasteiger partial charge in [0.05, 0.1) is 10.6 Å². The number of nitriles is 1. The monoisotopic (exact) mass is 394 g/mol. The second kappa shape index (κ2) is 8.62. The lowest BCUT2D eigenvalue weighted by Crippen LogP contribution is -2.30. The van der Waals surface area contributed by atoms with Crippen molar-refractivity contribution in [3.63, 3.8) is 0 Å². The molecule has 2 N–H and O–H groups in total. The summed E-state index contributed by atoms with van der Waals surface area (Å²) in [5.74, 6) is -0.468. The summed E-state index contributed by atoms with van der Waals surface area (Å²) in [7, 11) is 0. The van der Waals surface area contributed by atoms with E-state index < -0.39 is 16.8 Å². The predicted octanol–water partition coefficient (Wildman–Crippen LogP) is 3.16. The molecule has 2 amide bonds. The average Bonchev–Trinajstić information content (AvgIpc) is 3.16. The fourth-order valence-electron chi connectivity index (χ4n) is 2.71. The van der Waals surface area contributed by atoms with Crippen molar-refractivity contribution in [2.24, 2.45) is 0 Å². The molecule has 3 rings (SSSR count). The first kappa shape index (κ1) is 19.5. The number of nitrogens with one attached hydrogen (secondary N) is 2. The molecule has 29 heavy (non-hydrogen) atoms. The van der Waals surface area contributed by atoms with Crippen LogP contribution in [0.15, 0.2) is 54.7 Å². The first-order valence-corrected chi connectivity index (χ1v) is 8.51. The Balaban J connectivity index is 1.60. The smallest absolute Gasteiger partial charge is 0.320 e. The third-order valence-corrected chi connectivity index (χ3v) is 4.05. The maximum absolute atomic E-state index is 13.7. The Kier molecular flexibility index (Phi) is 5.80. The summed E-state index contributed by atoms with van der Waals surface area (Å²) in [5.41, 5.74) is 0.599. The van der Waals surface area contributed by atoms with Gasteiger partial charge in [0.15, 0.2) is 5.82 Å². The van der Waals surface area contributed by atoms with Crippen molar-refractivity contribution in [3.8, 4) is 11.8 Å². The lowest BCUT2D eigenvalue weighted by Gasteiger charge is -2.07. The molecule has 0 aliphatic heterocycles. The van der Waals surface area contributed by atoms with Crippen LogP contribution in [0.2, 0.25) is 0 Å². The summed E-state index contributed by atoms with van der Waals surface area (Å²) in [6.45, 7) is 0.180. The molecule has 0 spiro atoms. The van der Waals surface area contributed by atoms with E-state index in [0.29, 0.717) is 5.56 Å². The van der Waals surface area contributed by atoms with Crippen molar-refractivity contribution < 1.29 is 14.1 Å². The van der Waals surface area contributed by atoms with Gasteiger partial charge in [0.2, 0.25) is 0 Å². The molecule has 3 aromatic rings. The van der Waals surface area contributed by atoms with Gasteiger partial charge in [-0.2, -0.15) is 5.26 Å². The number of hydrogen-bond acceptors (Lipinski definition) is 5. The summed E-state index contributed by atoms with van der Waals surface area (Å²) in [6, 6.07) is 13.2. The largest absolute Gasteiger partial charge is 0.337 e. The number of nitrogens with zero attached hydrogens (tertiary/aromatic N) is 4. The van der Waals surface area contributed by atoms with E-state index in [1.807, 2.05) is 0 Å². The van der Waals surface area contributed by atoms with E-state index in [2.05, 4.69) is 15.7 Å². The number of urea groups is 1. The molecule has 0 fully saturated rings. The van der Waals surface area contributed by atoms with E-state index >= 15 is 0 Å². The summed E-state index contributed by atoms with van der Waals surface area (Å²) >= 11 is 0. The standard InChI is InChI=1S/C19H15FN6O3/c20-15-5-3-7-17(14(15)12-21)25-11-9-18(24-25)23-19(27)22-10-8-13-4-1-2-6-16(13)26(28)29/h1-7,9,11H,8,10H2,(H2,22,23,24,27). The van der Waals surface area contributed by atoms with Crippen LogP contribution < -0.4 is 10.6 Å². The number of benzene rings is 2. The van der Waals surface area contributed by atoms with Crippen LogP contribution in [0.5, 0.6) is 0 Å². The molecule has 0 aliphatic rings. The van der Waals surface area contributed by atoms with Gasteiger partial charge in [-0.1, -0.05) is 24.3 Å². The second-order valence-corrected chi connectivity index (χ2v) is 5.91. The Morgan fingerprint density at radius 3 is 2.79 bits per heavy atom. The first-order valence-electron chi connectivity index (χ1n) is 8.51. The summed E-state index contributed by atoms with van der Waals surface area (Å²) < 4.78 is 15.0. The van der Waals surface area contributed by atoms with E-state index in [1.165, 1.54) is 41.2 Å². The Hall–Kier alpha value is -4.26. The Labute approximate surface area is 164 Å². The predicted molar refractivity (Wildman–Crippen MR) is 102 cm³/mol. The lowest BCUT2D eigenvalue weighted by molar-refractivity contribution is -0.385. The third kappa shape index (κ3) is 4.54. The molecular weight excluding hydrogens is 379 g/mol. The highest BCUT2D eigenvalue weighted by Crippen LogP contribution is 2.19. The number of carbonyl (C=O) groups excluding carboxylic acids is 1. The number of hydrogen-bond donors (Lipinski definition) is 2. The number of halogens is 1. The van der Waals surface area contributed by atoms with Gasteiger partial charge in [0, 0.05) is 30.4 Å². The SMILES string of the molecule is N#Cc1c(F)cccc1-n1ccc(NC(=O)NCCc2ccccc2[N+](=O)[O-])n1. The molecule has 2 aromatic carbocycles. The van der Waals surface area contributed by atoms with Crippen molar-refractivity contribution in [1.82, 2.24) is 15.1 Å². The quantitative estimate of drug-likeness (QED) is 0.491. The minimum absolute atomic E-state index is 0.00292. The number of rotatable bonds is 6. The molecular formula is C19H15FN6O3. The van der Waals surface area contributed by atoms with Gasteiger partial charge in [-0.15, -0.1) is 5.10 Å². The molecule has 0 radical (unpaired) electrons. The maximum atomic E-state index is 13.7. The van der Waals surface area contributed by atoms with Crippen LogP contribution in [0.4, 0.5) is 20.7 Å². The molecule has 0 atom stereocenters. The Morgan fingerprint density at radius 2 is 2.03 bits per heavy atom. The van der Waals surface area contributed by atoms with Crippen molar-refractivity contribution in [1.29, 1.82) is 5.26 Å². The number of nitro groups is 1. The highest BCUT2D eigenvalue weighted by molar-refractivity contribution is 5.88. The summed E-state index contributed by atoms with van der Waals surface area (Å²) in [5, 5.41) is 29.3. The van der Waals surface area contributed by atoms with Gasteiger partial charge in [-0.3, -0.25) is 15.4 Å². The first-order chi connectivity index (χ1) is 14.0. The van der Waals surface area contributed by atoms with Crippen LogP contribution in [0.1, 0.15) is 11.1 Å². The number of amides is 2. The molecule has 1 aromatic heterocycles. The van der Waals surface area contributed by atoms with E-state index in [1.54, 1.807) is 24.3 Å². The number of para-hydroxylation sites is 1. The van der Waals surface area contributed by atoms with Gasteiger partial charge in [-0.05, 0) is 18.6 Å². The number of aromatic nitrogens is 2. The highest BCUT2D eigenvalue weighted by atomic mass is 19.1. The maximum Gasteiger partial charge on any atom is 0.320 e. The molecule has 9 nitrogen and oxygen atoms in total. The zero-order chi connectivity index (χ0) is 20.8. The fraction of sp³-hybridized carbons (Fsp3) is 0.105. The van der Waals surface area contributed by atoms with Gasteiger partial charge < -0.3 is 5.32 Å². The molecule has 146 valence electrons. The van der Waals surface area contributed by atoms with E-state index in [4.69, 9.17) is 5.26 Å². The Morgan fingerprint density at radius 1 is 1.24 bits per heavy atom. The van der Waals surface area contributed by atoms with E-state index in [9.17, 15) is 19.3 Å². The van der Waals surface area contributed by atoms with Gasteiger partial charge in [0.1, 0.15) is 17.4 Å². The molecule has 0 unspecified atom stereocenters. The summed E-state index contributed by atoms with van der Waals surface area (Å²) in [6.07, 6.45) is 1.77. The van der Waals surface area contributed by atoms with Gasteiger partial charge >= 0.3 is 6.03 Å². The number of carbonyl (C=O) groups is 1. The molecule has 1 heterocycles. The average molecular weight is 394 g/mol. The topological polar surface area (TPSA) is 126 Å². The van der Waals surface area contributed by atoms with E-state index in [0.717, 1.165) is 0 Å². The molecule has 10 heteroatoms. The van der Waals surface area contributed by atoms with Crippen molar-refractivity contribution in [2.45, 2.75) is 6.42 Å². The third-order valence-electron chi connectivity index (χ3n) is 4.05. The van der Waals surface area contributed by atoms with Crippen LogP contribution in [0.25, 0.3) is 5.69 Å². The second-order valence-electron chi connectivity index (χ2n) is 5.91. The van der Waals surface area contributed by atoms with Crippen LogP contribution in [-0.4, -0.2) is 27.3 Å². The van der Waals surface area contributed by atoms with Crippen molar-refractivity contribution in [3.05, 3.63) is 81.8 Å². The summed E-state index contributed by atoms with van der Waals surface area (Å²) in [4.78, 5) is 22.6. The molecule has 0 saturated heterocycles. The van der Waals surface area contributed by atoms with Crippen LogP contribution in [0.3, 0.4) is 0 Å². The van der Waals surface area contributed by atoms with Gasteiger partial charge in [-0.25, -0.2) is 13.9 Å². The fourth-order valence-corrected chi connectivity index (χ4v) is 2.71. The zero-order valence-electron chi connectivity index (χ0n) is 15.0. The van der Waals surface area contributed by atoms with Crippen molar-refractivity contribution >= 4 is 17.5 Å². The number of anilines is 1. The minimum Gasteiger partial charge on any atom is -0.337 e. The lowest BCUT2D eigenvalue weighted by atomic mass is 10.1. The van der Waals surface area contributed by atoms with E-state index in [-0.39, 0.29) is 35.7 Å². The number of nitro benzene ring substituents is 1. The minimum atomic E-state index is -0.664. The van der Waals surface area contributed by atoms with Crippen LogP contribution in [-0.2, 0) is 6.42 Å². The van der Waals surface area contributed by atoms with Crippen LogP contribution >= 0.6 is 0 Å². The zero-order valence-corrected chi connectivity index (χ0v) is 15.0. The van der Waals surface area contributed by atoms with Gasteiger partial charge in [0.25, 0.3) is 5.69 Å². The molecule has 0 bridgehead atoms. The normalized spacial score (nSPS) is 10.2. The molecule has 0 aliphatic carbocycles. The van der Waals surface area contributed by atoms with Crippen molar-refractivity contribution in [2.75, 3.05) is 11.9 Å². The molecule has 0 saturated carbocycles.